The maximum atomic E-state index is 13.4. The number of rotatable bonds is 5. The fourth-order valence-corrected chi connectivity index (χ4v) is 3.79. The second kappa shape index (κ2) is 7.94. The van der Waals surface area contributed by atoms with Gasteiger partial charge < -0.3 is 15.2 Å². The summed E-state index contributed by atoms with van der Waals surface area (Å²) in [7, 11) is 0. The Balaban J connectivity index is 1.50. The number of benzene rings is 3. The van der Waals surface area contributed by atoms with Gasteiger partial charge in [0.05, 0.1) is 0 Å². The van der Waals surface area contributed by atoms with Gasteiger partial charge in [0.15, 0.2) is 6.04 Å². The third-order valence-electron chi connectivity index (χ3n) is 5.07. The topological polar surface area (TPSA) is 75.6 Å². The predicted octanol–water partition coefficient (Wildman–Crippen LogP) is 4.63. The van der Waals surface area contributed by atoms with Crippen molar-refractivity contribution in [3.63, 3.8) is 0 Å². The minimum absolute atomic E-state index is 0.0102. The molecule has 5 nitrogen and oxygen atoms in total. The Morgan fingerprint density at radius 3 is 2.00 bits per heavy atom. The minimum Gasteiger partial charge on any atom is -0.479 e. The van der Waals surface area contributed by atoms with Crippen LogP contribution in [0, 0.1) is 11.6 Å². The number of carboxylic acids is 1. The molecule has 0 radical (unpaired) electrons. The van der Waals surface area contributed by atoms with E-state index in [4.69, 9.17) is 4.74 Å². The SMILES string of the molecule is O=C(NC(C(=O)O)c1cc(F)cc(F)c1)OCC1c2ccccc2-c2ccccc21. The Labute approximate surface area is 170 Å². The molecule has 0 saturated carbocycles. The Bertz CT molecular complexity index is 1070. The normalized spacial score (nSPS) is 13.3. The smallest absolute Gasteiger partial charge is 0.408 e. The second-order valence-corrected chi connectivity index (χ2v) is 6.94. The molecule has 2 N–H and O–H groups in total. The van der Waals surface area contributed by atoms with E-state index in [9.17, 15) is 23.5 Å². The van der Waals surface area contributed by atoms with Crippen LogP contribution in [0.15, 0.2) is 66.7 Å². The van der Waals surface area contributed by atoms with Crippen molar-refractivity contribution in [3.05, 3.63) is 95.1 Å². The van der Waals surface area contributed by atoms with Crippen LogP contribution in [0.5, 0.6) is 0 Å². The second-order valence-electron chi connectivity index (χ2n) is 6.94. The summed E-state index contributed by atoms with van der Waals surface area (Å²) in [6.45, 7) is -0.0102. The molecule has 0 aromatic heterocycles. The third-order valence-corrected chi connectivity index (χ3v) is 5.07. The van der Waals surface area contributed by atoms with Gasteiger partial charge in [0.1, 0.15) is 18.2 Å². The number of hydrogen-bond acceptors (Lipinski definition) is 3. The molecule has 1 aliphatic rings. The summed E-state index contributed by atoms with van der Waals surface area (Å²) in [5.41, 5.74) is 3.90. The van der Waals surface area contributed by atoms with Crippen molar-refractivity contribution in [2.24, 2.45) is 0 Å². The highest BCUT2D eigenvalue weighted by Gasteiger charge is 2.30. The van der Waals surface area contributed by atoms with E-state index >= 15 is 0 Å². The average molecular weight is 409 g/mol. The van der Waals surface area contributed by atoms with Crippen LogP contribution in [0.25, 0.3) is 11.1 Å². The minimum atomic E-state index is -1.65. The summed E-state index contributed by atoms with van der Waals surface area (Å²) in [5, 5.41) is 11.5. The molecule has 0 heterocycles. The summed E-state index contributed by atoms with van der Waals surface area (Å²) in [4.78, 5) is 23.8. The zero-order valence-corrected chi connectivity index (χ0v) is 15.6. The summed E-state index contributed by atoms with van der Waals surface area (Å²) in [5.74, 6) is -3.54. The number of carboxylic acid groups (broad SMARTS) is 1. The van der Waals surface area contributed by atoms with Gasteiger partial charge in [-0.3, -0.25) is 0 Å². The molecule has 0 aliphatic heterocycles. The van der Waals surface area contributed by atoms with Crippen molar-refractivity contribution in [2.45, 2.75) is 12.0 Å². The van der Waals surface area contributed by atoms with Gasteiger partial charge in [-0.2, -0.15) is 0 Å². The maximum absolute atomic E-state index is 13.4. The van der Waals surface area contributed by atoms with Gasteiger partial charge >= 0.3 is 12.1 Å². The molecule has 7 heteroatoms. The molecule has 3 aromatic carbocycles. The highest BCUT2D eigenvalue weighted by molar-refractivity contribution is 5.82. The van der Waals surface area contributed by atoms with Gasteiger partial charge in [-0.15, -0.1) is 0 Å². The highest BCUT2D eigenvalue weighted by Crippen LogP contribution is 2.44. The highest BCUT2D eigenvalue weighted by atomic mass is 19.1. The summed E-state index contributed by atoms with van der Waals surface area (Å²) in [6, 6.07) is 16.2. The zero-order chi connectivity index (χ0) is 21.3. The lowest BCUT2D eigenvalue weighted by Crippen LogP contribution is -2.35. The number of carbonyl (C=O) groups excluding carboxylic acids is 1. The molecule has 1 unspecified atom stereocenters. The van der Waals surface area contributed by atoms with E-state index in [1.165, 1.54) is 0 Å². The quantitative estimate of drug-likeness (QED) is 0.644. The number of nitrogens with one attached hydrogen (secondary N) is 1. The fourth-order valence-electron chi connectivity index (χ4n) is 3.79. The number of alkyl carbamates (subject to hydrolysis) is 1. The zero-order valence-electron chi connectivity index (χ0n) is 15.6. The Morgan fingerprint density at radius 1 is 0.933 bits per heavy atom. The van der Waals surface area contributed by atoms with E-state index < -0.39 is 29.7 Å². The molecule has 1 atom stereocenters. The van der Waals surface area contributed by atoms with Gasteiger partial charge in [0.2, 0.25) is 0 Å². The molecule has 0 fully saturated rings. The van der Waals surface area contributed by atoms with Crippen LogP contribution in [0.3, 0.4) is 0 Å². The van der Waals surface area contributed by atoms with E-state index in [1.807, 2.05) is 48.5 Å². The van der Waals surface area contributed by atoms with Gasteiger partial charge in [-0.1, -0.05) is 48.5 Å². The van der Waals surface area contributed by atoms with Crippen molar-refractivity contribution >= 4 is 12.1 Å². The fraction of sp³-hybridized carbons (Fsp3) is 0.130. The van der Waals surface area contributed by atoms with Crippen molar-refractivity contribution in [2.75, 3.05) is 6.61 Å². The molecule has 0 saturated heterocycles. The van der Waals surface area contributed by atoms with E-state index in [2.05, 4.69) is 5.32 Å². The van der Waals surface area contributed by atoms with Crippen molar-refractivity contribution < 1.29 is 28.2 Å². The van der Waals surface area contributed by atoms with E-state index in [0.717, 1.165) is 34.4 Å². The molecule has 0 bridgehead atoms. The Hall–Kier alpha value is -3.74. The first-order valence-corrected chi connectivity index (χ1v) is 9.24. The van der Waals surface area contributed by atoms with Crippen LogP contribution in [-0.2, 0) is 9.53 Å². The molecule has 152 valence electrons. The summed E-state index contributed by atoms with van der Waals surface area (Å²) < 4.78 is 32.2. The van der Waals surface area contributed by atoms with Crippen LogP contribution in [0.1, 0.15) is 28.7 Å². The molecule has 4 rings (SSSR count). The van der Waals surface area contributed by atoms with E-state index in [0.29, 0.717) is 6.07 Å². The molecular weight excluding hydrogens is 392 g/mol. The first kappa shape index (κ1) is 19.6. The third kappa shape index (κ3) is 3.74. The number of halogens is 2. The number of ether oxygens (including phenoxy) is 1. The monoisotopic (exact) mass is 409 g/mol. The molecule has 1 aliphatic carbocycles. The van der Waals surface area contributed by atoms with Crippen LogP contribution >= 0.6 is 0 Å². The van der Waals surface area contributed by atoms with Gasteiger partial charge in [0, 0.05) is 12.0 Å². The van der Waals surface area contributed by atoms with Gasteiger partial charge in [-0.25, -0.2) is 18.4 Å². The predicted molar refractivity (Wildman–Crippen MR) is 105 cm³/mol. The number of aliphatic carboxylic acids is 1. The van der Waals surface area contributed by atoms with Crippen LogP contribution < -0.4 is 5.32 Å². The molecule has 0 spiro atoms. The van der Waals surface area contributed by atoms with Crippen molar-refractivity contribution in [3.8, 4) is 11.1 Å². The number of fused-ring (bicyclic) bond motifs is 3. The van der Waals surface area contributed by atoms with Crippen LogP contribution in [0.4, 0.5) is 13.6 Å². The van der Waals surface area contributed by atoms with Crippen LogP contribution in [-0.4, -0.2) is 23.8 Å². The largest absolute Gasteiger partial charge is 0.479 e. The number of hydrogen-bond donors (Lipinski definition) is 2. The molecule has 30 heavy (non-hydrogen) atoms. The summed E-state index contributed by atoms with van der Waals surface area (Å²) >= 11 is 0. The first-order chi connectivity index (χ1) is 14.4. The lowest BCUT2D eigenvalue weighted by Gasteiger charge is -2.18. The number of amides is 1. The van der Waals surface area contributed by atoms with Gasteiger partial charge in [0.25, 0.3) is 0 Å². The molecule has 1 amide bonds. The average Bonchev–Trinajstić information content (AvgIpc) is 3.03. The molecule has 3 aromatic rings. The number of carbonyl (C=O) groups is 2. The Morgan fingerprint density at radius 2 is 1.47 bits per heavy atom. The lowest BCUT2D eigenvalue weighted by atomic mass is 9.98. The lowest BCUT2D eigenvalue weighted by molar-refractivity contribution is -0.139. The van der Waals surface area contributed by atoms with Gasteiger partial charge in [-0.05, 0) is 39.9 Å². The Kier molecular flexibility index (Phi) is 5.18. The summed E-state index contributed by atoms with van der Waals surface area (Å²) in [6.07, 6.45) is -0.992. The van der Waals surface area contributed by atoms with E-state index in [-0.39, 0.29) is 18.1 Å². The standard InChI is InChI=1S/C23H17F2NO4/c24-14-9-13(10-15(25)11-14)21(22(27)28)26-23(29)30-12-20-18-7-3-1-5-16(18)17-6-2-4-8-19(17)20/h1-11,20-21H,12H2,(H,26,29)(H,27,28). The van der Waals surface area contributed by atoms with Crippen molar-refractivity contribution in [1.29, 1.82) is 0 Å². The maximum Gasteiger partial charge on any atom is 0.408 e. The van der Waals surface area contributed by atoms with E-state index in [1.54, 1.807) is 0 Å². The molecular formula is C23H17F2NO4. The van der Waals surface area contributed by atoms with Crippen molar-refractivity contribution in [1.82, 2.24) is 5.32 Å². The van der Waals surface area contributed by atoms with Crippen LogP contribution in [0.2, 0.25) is 0 Å². The first-order valence-electron chi connectivity index (χ1n) is 9.24.